The summed E-state index contributed by atoms with van der Waals surface area (Å²) in [7, 11) is 0. The summed E-state index contributed by atoms with van der Waals surface area (Å²) in [6, 6.07) is 5.25. The van der Waals surface area contributed by atoms with Crippen LogP contribution in [0.5, 0.6) is 5.75 Å². The molecule has 5 saturated carbocycles. The molecule has 0 radical (unpaired) electrons. The fraction of sp³-hybridized carbons (Fsp3) is 0.782. The van der Waals surface area contributed by atoms with Gasteiger partial charge in [-0.15, -0.1) is 0 Å². The number of carboxylic acid groups (broad SMARTS) is 1. The first-order valence-corrected chi connectivity index (χ1v) is 26.1. The van der Waals surface area contributed by atoms with Crippen LogP contribution in [0.3, 0.4) is 0 Å². The molecule has 1 heterocycles. The number of fused-ring (bicyclic) bond motifs is 7. The number of esters is 1. The lowest BCUT2D eigenvalue weighted by atomic mass is 9.33. The lowest BCUT2D eigenvalue weighted by molar-refractivity contribution is -0.236. The number of piperidine rings is 1. The van der Waals surface area contributed by atoms with E-state index in [2.05, 4.69) is 78.3 Å². The van der Waals surface area contributed by atoms with Crippen molar-refractivity contribution in [2.75, 3.05) is 26.2 Å². The molecule has 0 spiro atoms. The second-order valence-electron chi connectivity index (χ2n) is 25.2. The van der Waals surface area contributed by atoms with Gasteiger partial charge < -0.3 is 30.5 Å². The fourth-order valence-corrected chi connectivity index (χ4v) is 16.4. The minimum atomic E-state index is -0.828. The van der Waals surface area contributed by atoms with Crippen LogP contribution in [0.1, 0.15) is 170 Å². The summed E-state index contributed by atoms with van der Waals surface area (Å²) < 4.78 is 12.8. The molecule has 0 bridgehead atoms. The summed E-state index contributed by atoms with van der Waals surface area (Å²) in [5.74, 6) is 0.213. The number of ether oxygens (including phenoxy) is 2. The molecule has 11 heteroatoms. The molecule has 10 nitrogen and oxygen atoms in total. The quantitative estimate of drug-likeness (QED) is 0.112. The minimum absolute atomic E-state index is 0.0402. The number of allylic oxidation sites excluding steroid dienone is 2. The van der Waals surface area contributed by atoms with Gasteiger partial charge in [0.25, 0.3) is 5.91 Å². The van der Waals surface area contributed by atoms with Crippen molar-refractivity contribution in [3.8, 4) is 5.75 Å². The van der Waals surface area contributed by atoms with Crippen molar-refractivity contribution in [1.82, 2.24) is 16.0 Å². The summed E-state index contributed by atoms with van der Waals surface area (Å²) in [6.45, 7) is 27.9. The van der Waals surface area contributed by atoms with E-state index in [1.807, 2.05) is 13.8 Å². The van der Waals surface area contributed by atoms with Crippen LogP contribution in [0.25, 0.3) is 0 Å². The summed E-state index contributed by atoms with van der Waals surface area (Å²) in [4.78, 5) is 53.7. The Hall–Kier alpha value is -2.95. The van der Waals surface area contributed by atoms with Gasteiger partial charge in [-0.25, -0.2) is 0 Å². The molecule has 6 fully saturated rings. The van der Waals surface area contributed by atoms with Crippen LogP contribution in [-0.4, -0.2) is 72.7 Å². The van der Waals surface area contributed by atoms with Gasteiger partial charge in [0.15, 0.2) is 5.78 Å². The molecule has 66 heavy (non-hydrogen) atoms. The molecular formula is C55H82ClN3O7. The van der Waals surface area contributed by atoms with Gasteiger partial charge in [-0.2, -0.15) is 0 Å². The number of aliphatic carboxylic acids is 1. The smallest absolute Gasteiger partial charge is 0.309 e. The largest absolute Gasteiger partial charge is 0.489 e. The van der Waals surface area contributed by atoms with E-state index in [1.54, 1.807) is 18.2 Å². The number of carbonyl (C=O) groups excluding carboxylic acids is 3. The maximum Gasteiger partial charge on any atom is 0.309 e. The van der Waals surface area contributed by atoms with E-state index in [1.165, 1.54) is 5.57 Å². The van der Waals surface area contributed by atoms with Crippen LogP contribution in [-0.2, 0) is 19.1 Å². The van der Waals surface area contributed by atoms with E-state index in [0.29, 0.717) is 59.3 Å². The standard InChI is InChI=1S/C55H82ClN3O7/c1-32(2)44-39(60)30-55(24-27-58-31-49(3,4)59-46(61)35-13-12-33(56)28-40(35)65-34-18-25-57-26-19-34)23-22-53(10)36(45(44)55)14-15-42-52(9)20-17-43(51(7,8)41(52)16-21-54(42,53)11)66-48(64)38-29-37(47(62)63)50(38,5)6/h12-13,28,32,34,36-38,41-43,57-58H,14-27,29-31H2,1-11H3,(H,59,61)(H,62,63)/t36-,37+,38-,41+,42-,43+,52+,53-,54-,55-/m1/s1. The summed E-state index contributed by atoms with van der Waals surface area (Å²) in [5, 5.41) is 20.6. The summed E-state index contributed by atoms with van der Waals surface area (Å²) in [6.07, 6.45) is 11.9. The van der Waals surface area contributed by atoms with Crippen LogP contribution in [0, 0.1) is 68.0 Å². The third-order valence-corrected chi connectivity index (χ3v) is 20.4. The SMILES string of the molecule is CC(C)C1=C2[C@H]3CC[C@@H]4[C@@]5(C)CC[C@H](OC(=O)[C@H]6C[C@@H](C(=O)O)C6(C)C)C(C)(C)[C@@H]5CC[C@@]4(C)[C@]3(C)CC[C@@]2(CCNCC(C)(C)NC(=O)c2ccc(Cl)cc2OC2CCNCC2)CC1=O. The van der Waals surface area contributed by atoms with E-state index in [-0.39, 0.29) is 63.0 Å². The molecular weight excluding hydrogens is 850 g/mol. The predicted molar refractivity (Wildman–Crippen MR) is 259 cm³/mol. The van der Waals surface area contributed by atoms with E-state index in [4.69, 9.17) is 21.1 Å². The zero-order chi connectivity index (χ0) is 48.0. The average Bonchev–Trinajstić information content (AvgIpc) is 3.52. The van der Waals surface area contributed by atoms with Gasteiger partial charge in [0, 0.05) is 34.4 Å². The third-order valence-electron chi connectivity index (χ3n) is 20.2. The van der Waals surface area contributed by atoms with E-state index >= 15 is 0 Å². The van der Waals surface area contributed by atoms with E-state index in [9.17, 15) is 24.3 Å². The normalized spacial score (nSPS) is 37.2. The first-order chi connectivity index (χ1) is 30.8. The number of amides is 1. The molecule has 6 aliphatic carbocycles. The van der Waals surface area contributed by atoms with Gasteiger partial charge in [0.2, 0.25) is 0 Å². The van der Waals surface area contributed by atoms with Gasteiger partial charge >= 0.3 is 11.9 Å². The molecule has 366 valence electrons. The molecule has 1 aliphatic heterocycles. The maximum absolute atomic E-state index is 14.3. The monoisotopic (exact) mass is 932 g/mol. The average molecular weight is 933 g/mol. The first-order valence-electron chi connectivity index (χ1n) is 25.7. The lowest BCUT2D eigenvalue weighted by Gasteiger charge is -2.72. The van der Waals surface area contributed by atoms with Crippen molar-refractivity contribution in [3.63, 3.8) is 0 Å². The Kier molecular flexibility index (Phi) is 13.1. The molecule has 1 saturated heterocycles. The molecule has 0 aromatic heterocycles. The van der Waals surface area contributed by atoms with Crippen molar-refractivity contribution in [1.29, 1.82) is 0 Å². The second-order valence-corrected chi connectivity index (χ2v) is 25.7. The van der Waals surface area contributed by atoms with E-state index < -0.39 is 22.8 Å². The number of carboxylic acids is 1. The molecule has 8 rings (SSSR count). The number of halogens is 1. The van der Waals surface area contributed by atoms with E-state index in [0.717, 1.165) is 95.8 Å². The number of nitrogens with one attached hydrogen (secondary N) is 3. The molecule has 1 amide bonds. The second kappa shape index (κ2) is 17.5. The van der Waals surface area contributed by atoms with Gasteiger partial charge in [-0.1, -0.05) is 79.5 Å². The third kappa shape index (κ3) is 8.18. The Labute approximate surface area is 400 Å². The number of ketones is 1. The minimum Gasteiger partial charge on any atom is -0.489 e. The zero-order valence-electron chi connectivity index (χ0n) is 42.1. The highest BCUT2D eigenvalue weighted by atomic mass is 35.5. The van der Waals surface area contributed by atoms with Crippen LogP contribution < -0.4 is 20.7 Å². The van der Waals surface area contributed by atoms with Gasteiger partial charge in [0.1, 0.15) is 18.0 Å². The summed E-state index contributed by atoms with van der Waals surface area (Å²) in [5.41, 5.74) is 1.81. The number of carbonyl (C=O) groups is 4. The summed E-state index contributed by atoms with van der Waals surface area (Å²) >= 11 is 6.38. The van der Waals surface area contributed by atoms with Crippen molar-refractivity contribution in [3.05, 3.63) is 39.9 Å². The number of hydrogen-bond acceptors (Lipinski definition) is 8. The van der Waals surface area contributed by atoms with Crippen LogP contribution in [0.15, 0.2) is 29.3 Å². The Morgan fingerprint density at radius 1 is 0.879 bits per heavy atom. The molecule has 0 unspecified atom stereocenters. The number of Topliss-reactive ketones (excluding diaryl/α,β-unsaturated/α-hetero) is 1. The Bertz CT molecular complexity index is 2120. The van der Waals surface area contributed by atoms with Gasteiger partial charge in [-0.3, -0.25) is 19.2 Å². The topological polar surface area (TPSA) is 143 Å². The zero-order valence-corrected chi connectivity index (χ0v) is 42.9. The highest BCUT2D eigenvalue weighted by Crippen LogP contribution is 2.77. The van der Waals surface area contributed by atoms with Gasteiger partial charge in [0.05, 0.1) is 17.4 Å². The van der Waals surface area contributed by atoms with Crippen molar-refractivity contribution >= 4 is 35.2 Å². The highest BCUT2D eigenvalue weighted by molar-refractivity contribution is 6.30. The Morgan fingerprint density at radius 2 is 1.59 bits per heavy atom. The molecule has 10 atom stereocenters. The molecule has 7 aliphatic rings. The fourth-order valence-electron chi connectivity index (χ4n) is 16.2. The number of hydrogen-bond donors (Lipinski definition) is 4. The lowest BCUT2D eigenvalue weighted by Crippen LogP contribution is -2.66. The maximum atomic E-state index is 14.3. The van der Waals surface area contributed by atoms with Crippen LogP contribution in [0.4, 0.5) is 0 Å². The molecule has 1 aromatic rings. The number of benzene rings is 1. The Balaban J connectivity index is 0.947. The molecule has 4 N–H and O–H groups in total. The van der Waals surface area contributed by atoms with Crippen molar-refractivity contribution in [2.45, 2.75) is 177 Å². The number of rotatable bonds is 13. The van der Waals surface area contributed by atoms with Crippen LogP contribution >= 0.6 is 11.6 Å². The van der Waals surface area contributed by atoms with Crippen molar-refractivity contribution in [2.24, 2.45) is 68.0 Å². The highest BCUT2D eigenvalue weighted by Gasteiger charge is 2.70. The predicted octanol–water partition coefficient (Wildman–Crippen LogP) is 10.6. The Morgan fingerprint density at radius 3 is 2.26 bits per heavy atom. The van der Waals surface area contributed by atoms with Crippen molar-refractivity contribution < 1.29 is 33.8 Å². The van der Waals surface area contributed by atoms with Crippen LogP contribution in [0.2, 0.25) is 5.02 Å². The van der Waals surface area contributed by atoms with Gasteiger partial charge in [-0.05, 0) is 180 Å². The first kappa shape index (κ1) is 49.5. The molecule has 1 aromatic carbocycles.